The van der Waals surface area contributed by atoms with Gasteiger partial charge in [-0.05, 0) is 64.3 Å². The van der Waals surface area contributed by atoms with Crippen LogP contribution in [0.15, 0.2) is 69.8 Å². The molecule has 0 radical (unpaired) electrons. The second kappa shape index (κ2) is 9.35. The van der Waals surface area contributed by atoms with E-state index in [1.807, 2.05) is 6.07 Å². The van der Waals surface area contributed by atoms with Crippen LogP contribution in [-0.2, 0) is 16.4 Å². The first-order valence-corrected chi connectivity index (χ1v) is 12.3. The summed E-state index contributed by atoms with van der Waals surface area (Å²) in [4.78, 5) is 0. The van der Waals surface area contributed by atoms with E-state index in [0.717, 1.165) is 5.56 Å². The number of anilines is 1. The molecule has 166 valence electrons. The van der Waals surface area contributed by atoms with Crippen molar-refractivity contribution >= 4 is 43.5 Å². The molecule has 2 heterocycles. The van der Waals surface area contributed by atoms with Crippen molar-refractivity contribution in [3.8, 4) is 23.0 Å². The van der Waals surface area contributed by atoms with E-state index >= 15 is 0 Å². The van der Waals surface area contributed by atoms with Crippen LogP contribution in [0.1, 0.15) is 5.56 Å². The maximum absolute atomic E-state index is 12.9. The summed E-state index contributed by atoms with van der Waals surface area (Å²) in [6.45, 7) is 0. The number of benzene rings is 2. The van der Waals surface area contributed by atoms with E-state index in [4.69, 9.17) is 20.8 Å². The molecule has 0 saturated heterocycles. The van der Waals surface area contributed by atoms with Gasteiger partial charge < -0.3 is 9.15 Å². The predicted molar refractivity (Wildman–Crippen MR) is 126 cm³/mol. The minimum absolute atomic E-state index is 0.0118. The number of halogens is 2. The summed E-state index contributed by atoms with van der Waals surface area (Å²) in [7, 11) is -2.23. The van der Waals surface area contributed by atoms with Crippen molar-refractivity contribution in [2.45, 2.75) is 6.42 Å². The van der Waals surface area contributed by atoms with Crippen molar-refractivity contribution in [1.82, 2.24) is 14.8 Å². The number of para-hydroxylation sites is 1. The highest BCUT2D eigenvalue weighted by Crippen LogP contribution is 2.36. The second-order valence-corrected chi connectivity index (χ2v) is 9.88. The number of nitrogens with zero attached hydrogens (tertiary/aromatic N) is 3. The summed E-state index contributed by atoms with van der Waals surface area (Å²) >= 11 is 9.41. The largest absolute Gasteiger partial charge is 0.495 e. The lowest BCUT2D eigenvalue weighted by molar-refractivity contribution is 0.412. The lowest BCUT2D eigenvalue weighted by Crippen LogP contribution is -2.21. The number of methoxy groups -OCH3 is 1. The number of aryl methyl sites for hydroxylation is 1. The third-order valence-corrected chi connectivity index (χ3v) is 6.74. The van der Waals surface area contributed by atoms with Gasteiger partial charge in [0.25, 0.3) is 0 Å². The zero-order valence-corrected chi connectivity index (χ0v) is 20.0. The molecule has 0 saturated carbocycles. The molecule has 2 aromatic carbocycles. The number of aromatic nitrogens is 3. The fourth-order valence-electron chi connectivity index (χ4n) is 3.10. The number of sulfonamides is 1. The van der Waals surface area contributed by atoms with Crippen molar-refractivity contribution in [1.29, 1.82) is 0 Å². The molecule has 32 heavy (non-hydrogen) atoms. The molecule has 0 spiro atoms. The van der Waals surface area contributed by atoms with Crippen LogP contribution in [0.3, 0.4) is 0 Å². The standard InChI is InChI=1S/C21H18BrClN4O4S/c1-30-17-5-2-4-16(22)19(17)27-20(18-6-3-12-31-18)24-25-21(27)26-32(28,29)13-11-14-7-9-15(23)10-8-14/h2-10,12H,11,13H2,1H3,(H,25,26). The van der Waals surface area contributed by atoms with Crippen molar-refractivity contribution in [2.75, 3.05) is 17.6 Å². The summed E-state index contributed by atoms with van der Waals surface area (Å²) < 4.78 is 41.5. The fraction of sp³-hybridized carbons (Fsp3) is 0.143. The van der Waals surface area contributed by atoms with Gasteiger partial charge in [-0.3, -0.25) is 9.29 Å². The number of ether oxygens (including phenoxy) is 1. The molecule has 1 N–H and O–H groups in total. The van der Waals surface area contributed by atoms with E-state index in [0.29, 0.717) is 38.9 Å². The fourth-order valence-corrected chi connectivity index (χ4v) is 4.77. The van der Waals surface area contributed by atoms with Crippen LogP contribution in [-0.4, -0.2) is 36.0 Å². The highest BCUT2D eigenvalue weighted by atomic mass is 79.9. The molecule has 8 nitrogen and oxygen atoms in total. The first kappa shape index (κ1) is 22.4. The second-order valence-electron chi connectivity index (χ2n) is 6.75. The van der Waals surface area contributed by atoms with Gasteiger partial charge >= 0.3 is 0 Å². The first-order valence-electron chi connectivity index (χ1n) is 9.45. The Balaban J connectivity index is 1.71. The topological polar surface area (TPSA) is 99.2 Å². The Bertz CT molecular complexity index is 1320. The first-order chi connectivity index (χ1) is 15.4. The predicted octanol–water partition coefficient (Wildman–Crippen LogP) is 4.94. The van der Waals surface area contributed by atoms with Gasteiger partial charge in [0, 0.05) is 9.50 Å². The van der Waals surface area contributed by atoms with Crippen LogP contribution >= 0.6 is 27.5 Å². The van der Waals surface area contributed by atoms with E-state index in [2.05, 4.69) is 30.8 Å². The minimum Gasteiger partial charge on any atom is -0.495 e. The average Bonchev–Trinajstić information content (AvgIpc) is 3.43. The maximum atomic E-state index is 12.9. The van der Waals surface area contributed by atoms with Crippen LogP contribution in [0.5, 0.6) is 5.75 Å². The van der Waals surface area contributed by atoms with Gasteiger partial charge in [-0.1, -0.05) is 29.8 Å². The smallest absolute Gasteiger partial charge is 0.243 e. The molecule has 4 aromatic rings. The van der Waals surface area contributed by atoms with E-state index in [-0.39, 0.29) is 11.7 Å². The van der Waals surface area contributed by atoms with E-state index in [1.165, 1.54) is 13.4 Å². The van der Waals surface area contributed by atoms with Crippen molar-refractivity contribution in [3.05, 3.63) is 75.9 Å². The Morgan fingerprint density at radius 1 is 1.12 bits per heavy atom. The van der Waals surface area contributed by atoms with Crippen LogP contribution in [0.4, 0.5) is 5.95 Å². The molecule has 0 bridgehead atoms. The zero-order chi connectivity index (χ0) is 22.7. The third-order valence-electron chi connectivity index (χ3n) is 4.62. The molecule has 0 amide bonds. The summed E-state index contributed by atoms with van der Waals surface area (Å²) in [5, 5.41) is 8.84. The lowest BCUT2D eigenvalue weighted by atomic mass is 10.2. The van der Waals surface area contributed by atoms with Gasteiger partial charge in [-0.2, -0.15) is 0 Å². The van der Waals surface area contributed by atoms with Gasteiger partial charge in [-0.25, -0.2) is 8.42 Å². The van der Waals surface area contributed by atoms with Crippen molar-refractivity contribution in [2.24, 2.45) is 0 Å². The number of hydrogen-bond acceptors (Lipinski definition) is 6. The molecule has 0 aliphatic carbocycles. The highest BCUT2D eigenvalue weighted by molar-refractivity contribution is 9.10. The number of rotatable bonds is 8. The molecular formula is C21H18BrClN4O4S. The molecule has 2 aromatic heterocycles. The Morgan fingerprint density at radius 2 is 1.91 bits per heavy atom. The quantitative estimate of drug-likeness (QED) is 0.342. The van der Waals surface area contributed by atoms with Crippen molar-refractivity contribution < 1.29 is 17.6 Å². The van der Waals surface area contributed by atoms with Gasteiger partial charge in [0.2, 0.25) is 21.8 Å². The maximum Gasteiger partial charge on any atom is 0.243 e. The van der Waals surface area contributed by atoms with E-state index < -0.39 is 10.0 Å². The molecule has 0 fully saturated rings. The van der Waals surface area contributed by atoms with Gasteiger partial charge in [0.05, 0.1) is 19.1 Å². The molecule has 0 atom stereocenters. The third kappa shape index (κ3) is 4.82. The van der Waals surface area contributed by atoms with E-state index in [9.17, 15) is 8.42 Å². The van der Waals surface area contributed by atoms with Crippen LogP contribution in [0.25, 0.3) is 17.3 Å². The summed E-state index contributed by atoms with van der Waals surface area (Å²) in [5.41, 5.74) is 1.38. The number of nitrogens with one attached hydrogen (secondary N) is 1. The van der Waals surface area contributed by atoms with E-state index in [1.54, 1.807) is 53.1 Å². The summed E-state index contributed by atoms with van der Waals surface area (Å²) in [6, 6.07) is 15.8. The van der Waals surface area contributed by atoms with Crippen LogP contribution < -0.4 is 9.46 Å². The Labute approximate surface area is 198 Å². The molecule has 4 rings (SSSR count). The van der Waals surface area contributed by atoms with Gasteiger partial charge in [-0.15, -0.1) is 10.2 Å². The average molecular weight is 538 g/mol. The Kier molecular flexibility index (Phi) is 6.54. The molecule has 0 aliphatic rings. The molecule has 0 unspecified atom stereocenters. The molecule has 0 aliphatic heterocycles. The van der Waals surface area contributed by atoms with Crippen LogP contribution in [0, 0.1) is 0 Å². The van der Waals surface area contributed by atoms with Crippen LogP contribution in [0.2, 0.25) is 5.02 Å². The summed E-state index contributed by atoms with van der Waals surface area (Å²) in [5.74, 6) is 1.09. The lowest BCUT2D eigenvalue weighted by Gasteiger charge is -2.16. The Morgan fingerprint density at radius 3 is 2.59 bits per heavy atom. The summed E-state index contributed by atoms with van der Waals surface area (Å²) in [6.07, 6.45) is 1.81. The highest BCUT2D eigenvalue weighted by Gasteiger charge is 2.25. The number of furan rings is 1. The zero-order valence-electron chi connectivity index (χ0n) is 16.8. The SMILES string of the molecule is COc1cccc(Br)c1-n1c(NS(=O)(=O)CCc2ccc(Cl)cc2)nnc1-c1ccco1. The normalized spacial score (nSPS) is 11.5. The molecular weight excluding hydrogens is 520 g/mol. The minimum atomic E-state index is -3.75. The van der Waals surface area contributed by atoms with Crippen molar-refractivity contribution in [3.63, 3.8) is 0 Å². The monoisotopic (exact) mass is 536 g/mol. The molecule has 11 heteroatoms. The van der Waals surface area contributed by atoms with Gasteiger partial charge in [0.15, 0.2) is 5.76 Å². The van der Waals surface area contributed by atoms with Gasteiger partial charge in [0.1, 0.15) is 11.4 Å². The Hall–Kier alpha value is -2.82. The number of hydrogen-bond donors (Lipinski definition) is 1.